The number of hydrogen-bond acceptors (Lipinski definition) is 1. The van der Waals surface area contributed by atoms with Crippen LogP contribution >= 0.6 is 23.2 Å². The van der Waals surface area contributed by atoms with Crippen LogP contribution < -0.4 is 0 Å². The van der Waals surface area contributed by atoms with Crippen molar-refractivity contribution in [2.24, 2.45) is 0 Å². The van der Waals surface area contributed by atoms with Gasteiger partial charge in [0.2, 0.25) is 0 Å². The van der Waals surface area contributed by atoms with Crippen LogP contribution in [0.1, 0.15) is 0 Å². The smallest absolute Gasteiger partial charge is 0.301 e. The van der Waals surface area contributed by atoms with Crippen molar-refractivity contribution in [1.82, 2.24) is 0 Å². The average Bonchev–Trinajstić information content (AvgIpc) is 1.36. The maximum Gasteiger partial charge on any atom is 0.301 e. The topological polar surface area (TPSA) is 20.2 Å². The Labute approximate surface area is 44.0 Å². The zero-order chi connectivity index (χ0) is 5.15. The van der Waals surface area contributed by atoms with Crippen LogP contribution in [0.25, 0.3) is 0 Å². The molecule has 0 aromatic heterocycles. The van der Waals surface area contributed by atoms with Gasteiger partial charge in [0.05, 0.1) is 0 Å². The molecular weight excluding hydrogens is 130 g/mol. The highest BCUT2D eigenvalue weighted by Gasteiger charge is 1.91. The molecule has 0 unspecified atom stereocenters. The Kier molecular flexibility index (Phi) is 2.28. The number of rotatable bonds is 0. The molecule has 0 amide bonds. The minimum Gasteiger partial charge on any atom is -0.485 e. The fourth-order valence-electron chi connectivity index (χ4n) is 0. The summed E-state index contributed by atoms with van der Waals surface area (Å²) < 4.78 is 10.3. The zero-order valence-corrected chi connectivity index (χ0v) is 4.09. The first-order chi connectivity index (χ1) is 2.64. The van der Waals surface area contributed by atoms with E-state index in [0.29, 0.717) is 0 Å². The van der Waals surface area contributed by atoms with Crippen molar-refractivity contribution in [3.8, 4) is 0 Å². The second-order valence-electron chi connectivity index (χ2n) is 0.551. The van der Waals surface area contributed by atoms with Gasteiger partial charge >= 0.3 is 6.01 Å². The van der Waals surface area contributed by atoms with E-state index in [1.807, 2.05) is 0 Å². The summed E-state index contributed by atoms with van der Waals surface area (Å²) in [4.78, 5) is 0. The van der Waals surface area contributed by atoms with E-state index in [1.165, 1.54) is 0 Å². The molecule has 36 valence electrons. The SMILES string of the molecule is OC(F)=C(Cl)Cl. The standard InChI is InChI=1S/C2HCl2FO/c3-1(4)2(5)6/h6H. The molecule has 1 nitrogen and oxygen atoms in total. The van der Waals surface area contributed by atoms with Gasteiger partial charge in [-0.3, -0.25) is 0 Å². The first-order valence-corrected chi connectivity index (χ1v) is 1.80. The van der Waals surface area contributed by atoms with Crippen LogP contribution in [-0.4, -0.2) is 5.11 Å². The molecular formula is C2HCl2FO. The molecule has 0 bridgehead atoms. The van der Waals surface area contributed by atoms with Crippen LogP contribution in [0.4, 0.5) is 4.39 Å². The third kappa shape index (κ3) is 2.30. The molecule has 1 N–H and O–H groups in total. The molecule has 0 spiro atoms. The second kappa shape index (κ2) is 2.26. The largest absolute Gasteiger partial charge is 0.485 e. The monoisotopic (exact) mass is 130 g/mol. The zero-order valence-electron chi connectivity index (χ0n) is 2.58. The lowest BCUT2D eigenvalue weighted by Gasteiger charge is -1.76. The molecule has 0 aliphatic heterocycles. The Bertz CT molecular complexity index is 61.6. The van der Waals surface area contributed by atoms with Crippen LogP contribution in [0.2, 0.25) is 0 Å². The van der Waals surface area contributed by atoms with Gasteiger partial charge in [0.25, 0.3) is 0 Å². The summed E-state index contributed by atoms with van der Waals surface area (Å²) in [5.74, 6) is 0. The van der Waals surface area contributed by atoms with Crippen molar-refractivity contribution in [3.05, 3.63) is 10.5 Å². The Hall–Kier alpha value is 0.0500. The van der Waals surface area contributed by atoms with E-state index < -0.39 is 10.5 Å². The van der Waals surface area contributed by atoms with Gasteiger partial charge in [0.15, 0.2) is 4.49 Å². The third-order valence-corrected chi connectivity index (χ3v) is 0.468. The van der Waals surface area contributed by atoms with E-state index in [2.05, 4.69) is 23.2 Å². The van der Waals surface area contributed by atoms with Crippen molar-refractivity contribution >= 4 is 23.2 Å². The number of hydrogen-bond donors (Lipinski definition) is 1. The Morgan fingerprint density at radius 2 is 1.67 bits per heavy atom. The predicted molar refractivity (Wildman–Crippen MR) is 22.5 cm³/mol. The Morgan fingerprint density at radius 3 is 1.67 bits per heavy atom. The molecule has 0 aliphatic rings. The van der Waals surface area contributed by atoms with Gasteiger partial charge in [0, 0.05) is 0 Å². The second-order valence-corrected chi connectivity index (χ2v) is 1.50. The third-order valence-electron chi connectivity index (χ3n) is 0.156. The van der Waals surface area contributed by atoms with Crippen LogP contribution in [0.15, 0.2) is 10.5 Å². The maximum absolute atomic E-state index is 11.0. The van der Waals surface area contributed by atoms with Gasteiger partial charge in [-0.15, -0.1) is 0 Å². The normalized spacial score (nSPS) is 7.83. The summed E-state index contributed by atoms with van der Waals surface area (Å²) in [7, 11) is 0. The lowest BCUT2D eigenvalue weighted by molar-refractivity contribution is 0.283. The van der Waals surface area contributed by atoms with E-state index in [-0.39, 0.29) is 0 Å². The minimum atomic E-state index is -1.54. The van der Waals surface area contributed by atoms with E-state index in [0.717, 1.165) is 0 Å². The van der Waals surface area contributed by atoms with Crippen molar-refractivity contribution in [3.63, 3.8) is 0 Å². The molecule has 0 saturated heterocycles. The van der Waals surface area contributed by atoms with Gasteiger partial charge in [-0.05, 0) is 0 Å². The molecule has 0 atom stereocenters. The molecule has 0 aliphatic carbocycles. The van der Waals surface area contributed by atoms with E-state index in [1.54, 1.807) is 0 Å². The average molecular weight is 131 g/mol. The summed E-state index contributed by atoms with van der Waals surface area (Å²) in [6.07, 6.45) is 0. The van der Waals surface area contributed by atoms with Crippen molar-refractivity contribution in [2.45, 2.75) is 0 Å². The highest BCUT2D eigenvalue weighted by atomic mass is 35.5. The summed E-state index contributed by atoms with van der Waals surface area (Å²) in [6.45, 7) is 0. The van der Waals surface area contributed by atoms with Gasteiger partial charge in [0.1, 0.15) is 0 Å². The molecule has 4 heteroatoms. The summed E-state index contributed by atoms with van der Waals surface area (Å²) >= 11 is 9.27. The van der Waals surface area contributed by atoms with E-state index in [9.17, 15) is 4.39 Å². The summed E-state index contributed by atoms with van der Waals surface area (Å²) in [6, 6.07) is -1.54. The van der Waals surface area contributed by atoms with Crippen molar-refractivity contribution < 1.29 is 9.50 Å². The van der Waals surface area contributed by atoms with Crippen LogP contribution in [0.5, 0.6) is 0 Å². The molecule has 0 radical (unpaired) electrons. The summed E-state index contributed by atoms with van der Waals surface area (Å²) in [5.41, 5.74) is 0. The van der Waals surface area contributed by atoms with Crippen LogP contribution in [0, 0.1) is 0 Å². The molecule has 6 heavy (non-hydrogen) atoms. The molecule has 0 saturated carbocycles. The summed E-state index contributed by atoms with van der Waals surface area (Å²) in [5, 5.41) is 7.58. The number of aliphatic hydroxyl groups excluding tert-OH is 1. The quantitative estimate of drug-likeness (QED) is 0.499. The lowest BCUT2D eigenvalue weighted by Crippen LogP contribution is -1.63. The fraction of sp³-hybridized carbons (Fsp3) is 0. The van der Waals surface area contributed by atoms with E-state index in [4.69, 9.17) is 5.11 Å². The van der Waals surface area contributed by atoms with Crippen LogP contribution in [-0.2, 0) is 0 Å². The lowest BCUT2D eigenvalue weighted by atomic mass is 11.1. The van der Waals surface area contributed by atoms with Crippen molar-refractivity contribution in [1.29, 1.82) is 0 Å². The Morgan fingerprint density at radius 1 is 1.50 bits per heavy atom. The predicted octanol–water partition coefficient (Wildman–Crippen LogP) is 2.12. The van der Waals surface area contributed by atoms with Gasteiger partial charge < -0.3 is 5.11 Å². The maximum atomic E-state index is 11.0. The Balaban J connectivity index is 3.68. The van der Waals surface area contributed by atoms with Crippen LogP contribution in [0.3, 0.4) is 0 Å². The van der Waals surface area contributed by atoms with Gasteiger partial charge in [-0.2, -0.15) is 4.39 Å². The van der Waals surface area contributed by atoms with Gasteiger partial charge in [-0.25, -0.2) is 0 Å². The first-order valence-electron chi connectivity index (χ1n) is 1.04. The minimum absolute atomic E-state index is 0.741. The number of halogens is 3. The molecule has 0 rings (SSSR count). The molecule has 0 aromatic carbocycles. The highest BCUT2D eigenvalue weighted by Crippen LogP contribution is 2.11. The number of aliphatic hydroxyl groups is 1. The van der Waals surface area contributed by atoms with Gasteiger partial charge in [-0.1, -0.05) is 23.2 Å². The first kappa shape index (κ1) is 6.05. The fourth-order valence-corrected chi connectivity index (χ4v) is 0. The molecule has 0 fully saturated rings. The molecule has 0 aromatic rings. The van der Waals surface area contributed by atoms with Crippen molar-refractivity contribution in [2.75, 3.05) is 0 Å². The highest BCUT2D eigenvalue weighted by molar-refractivity contribution is 6.55. The molecule has 0 heterocycles. The van der Waals surface area contributed by atoms with E-state index >= 15 is 0 Å².